The first-order chi connectivity index (χ1) is 9.33. The highest BCUT2D eigenvalue weighted by Crippen LogP contribution is 2.41. The van der Waals surface area contributed by atoms with Crippen molar-refractivity contribution in [1.29, 1.82) is 0 Å². The lowest BCUT2D eigenvalue weighted by Gasteiger charge is -2.42. The van der Waals surface area contributed by atoms with E-state index >= 15 is 0 Å². The molecular weight excluding hydrogens is 291 g/mol. The number of aliphatic carboxylic acids is 1. The second-order valence-electron chi connectivity index (χ2n) is 4.87. The molecular formula is C12H12ClFN2O4. The molecule has 1 fully saturated rings. The van der Waals surface area contributed by atoms with Gasteiger partial charge in [0, 0.05) is 5.54 Å². The summed E-state index contributed by atoms with van der Waals surface area (Å²) in [5.41, 5.74) is -1.14. The van der Waals surface area contributed by atoms with Crippen LogP contribution in [0.4, 0.5) is 15.8 Å². The minimum atomic E-state index is -0.993. The molecule has 1 saturated carbocycles. The van der Waals surface area contributed by atoms with Gasteiger partial charge >= 0.3 is 5.97 Å². The van der Waals surface area contributed by atoms with Gasteiger partial charge in [-0.15, -0.1) is 0 Å². The molecule has 1 aromatic rings. The molecule has 0 radical (unpaired) electrons. The first kappa shape index (κ1) is 14.5. The van der Waals surface area contributed by atoms with Crippen molar-refractivity contribution >= 4 is 28.9 Å². The van der Waals surface area contributed by atoms with E-state index in [0.717, 1.165) is 18.6 Å². The number of nitrogens with zero attached hydrogens (tertiary/aromatic N) is 1. The number of nitrogens with one attached hydrogen (secondary N) is 1. The molecule has 108 valence electrons. The van der Waals surface area contributed by atoms with Crippen LogP contribution < -0.4 is 5.32 Å². The quantitative estimate of drug-likeness (QED) is 0.643. The maximum Gasteiger partial charge on any atom is 0.305 e. The number of benzene rings is 1. The van der Waals surface area contributed by atoms with E-state index in [1.54, 1.807) is 0 Å². The summed E-state index contributed by atoms with van der Waals surface area (Å²) in [7, 11) is 0. The van der Waals surface area contributed by atoms with Crippen LogP contribution in [-0.4, -0.2) is 21.5 Å². The normalized spacial score (nSPS) is 16.3. The van der Waals surface area contributed by atoms with Gasteiger partial charge in [-0.05, 0) is 25.3 Å². The largest absolute Gasteiger partial charge is 0.481 e. The highest BCUT2D eigenvalue weighted by atomic mass is 35.5. The number of nitro groups is 1. The molecule has 0 amide bonds. The predicted octanol–water partition coefficient (Wildman–Crippen LogP) is 3.20. The molecule has 0 aliphatic heterocycles. The van der Waals surface area contributed by atoms with Crippen LogP contribution in [0.2, 0.25) is 5.02 Å². The Kier molecular flexibility index (Phi) is 3.80. The molecule has 2 N–H and O–H groups in total. The fourth-order valence-electron chi connectivity index (χ4n) is 2.31. The number of carboxylic acid groups (broad SMARTS) is 1. The van der Waals surface area contributed by atoms with E-state index in [9.17, 15) is 19.3 Å². The first-order valence-corrected chi connectivity index (χ1v) is 6.34. The molecule has 2 rings (SSSR count). The number of nitro benzene ring substituents is 1. The monoisotopic (exact) mass is 302 g/mol. The van der Waals surface area contributed by atoms with Gasteiger partial charge in [-0.2, -0.15) is 0 Å². The van der Waals surface area contributed by atoms with Crippen molar-refractivity contribution in [2.75, 3.05) is 5.32 Å². The second kappa shape index (κ2) is 5.24. The molecule has 0 atom stereocenters. The van der Waals surface area contributed by atoms with Gasteiger partial charge in [0.1, 0.15) is 11.5 Å². The van der Waals surface area contributed by atoms with Crippen LogP contribution in [0.25, 0.3) is 0 Å². The van der Waals surface area contributed by atoms with Crippen molar-refractivity contribution in [3.05, 3.63) is 33.1 Å². The summed E-state index contributed by atoms with van der Waals surface area (Å²) in [4.78, 5) is 21.1. The highest BCUT2D eigenvalue weighted by Gasteiger charge is 2.40. The van der Waals surface area contributed by atoms with Crippen molar-refractivity contribution in [2.24, 2.45) is 0 Å². The van der Waals surface area contributed by atoms with Crippen LogP contribution in [0.15, 0.2) is 12.1 Å². The Bertz CT molecular complexity index is 575. The minimum absolute atomic E-state index is 0.0438. The molecule has 0 bridgehead atoms. The van der Waals surface area contributed by atoms with E-state index in [1.807, 2.05) is 0 Å². The maximum absolute atomic E-state index is 13.3. The highest BCUT2D eigenvalue weighted by molar-refractivity contribution is 6.31. The molecule has 0 unspecified atom stereocenters. The van der Waals surface area contributed by atoms with Crippen molar-refractivity contribution in [1.82, 2.24) is 0 Å². The number of anilines is 1. The zero-order valence-corrected chi connectivity index (χ0v) is 11.1. The van der Waals surface area contributed by atoms with Gasteiger partial charge in [-0.1, -0.05) is 11.6 Å². The molecule has 1 aliphatic rings. The Balaban J connectivity index is 2.34. The lowest BCUT2D eigenvalue weighted by Crippen LogP contribution is -2.46. The average molecular weight is 303 g/mol. The lowest BCUT2D eigenvalue weighted by molar-refractivity contribution is -0.384. The standard InChI is InChI=1S/C12H12ClFN2O4/c13-7-4-9(10(16(19)20)5-8(7)14)15-12(2-1-3-12)6-11(17)18/h4-5,15H,1-3,6H2,(H,17,18). The van der Waals surface area contributed by atoms with Gasteiger partial charge in [-0.3, -0.25) is 14.9 Å². The van der Waals surface area contributed by atoms with Gasteiger partial charge in [0.25, 0.3) is 5.69 Å². The van der Waals surface area contributed by atoms with E-state index in [2.05, 4.69) is 5.32 Å². The molecule has 0 spiro atoms. The van der Waals surface area contributed by atoms with Crippen LogP contribution >= 0.6 is 11.6 Å². The summed E-state index contributed by atoms with van der Waals surface area (Å²) in [6.45, 7) is 0. The molecule has 0 saturated heterocycles. The smallest absolute Gasteiger partial charge is 0.305 e. The topological polar surface area (TPSA) is 92.5 Å². The van der Waals surface area contributed by atoms with E-state index in [0.29, 0.717) is 12.8 Å². The average Bonchev–Trinajstić information content (AvgIpc) is 2.29. The molecule has 0 heterocycles. The van der Waals surface area contributed by atoms with Crippen LogP contribution in [-0.2, 0) is 4.79 Å². The van der Waals surface area contributed by atoms with Gasteiger partial charge in [0.15, 0.2) is 0 Å². The zero-order chi connectivity index (χ0) is 14.9. The Morgan fingerprint density at radius 3 is 2.65 bits per heavy atom. The summed E-state index contributed by atoms with van der Waals surface area (Å²) in [5, 5.41) is 22.5. The predicted molar refractivity (Wildman–Crippen MR) is 70.5 cm³/mol. The molecule has 1 aliphatic carbocycles. The summed E-state index contributed by atoms with van der Waals surface area (Å²) >= 11 is 5.63. The summed E-state index contributed by atoms with van der Waals surface area (Å²) in [5.74, 6) is -1.88. The summed E-state index contributed by atoms with van der Waals surface area (Å²) in [6.07, 6.45) is 1.86. The maximum atomic E-state index is 13.3. The minimum Gasteiger partial charge on any atom is -0.481 e. The number of halogens is 2. The number of hydrogen-bond acceptors (Lipinski definition) is 4. The Labute approximate surface area is 118 Å². The second-order valence-corrected chi connectivity index (χ2v) is 5.28. The van der Waals surface area contributed by atoms with Crippen LogP contribution in [0, 0.1) is 15.9 Å². The SMILES string of the molecule is O=C(O)CC1(Nc2cc(Cl)c(F)cc2[N+](=O)[O-])CCC1. The fourth-order valence-corrected chi connectivity index (χ4v) is 2.48. The summed E-state index contributed by atoms with van der Waals surface area (Å²) < 4.78 is 13.3. The van der Waals surface area contributed by atoms with E-state index in [-0.39, 0.29) is 17.1 Å². The third-order valence-electron chi connectivity index (χ3n) is 3.44. The van der Waals surface area contributed by atoms with E-state index in [1.165, 1.54) is 0 Å². The molecule has 8 heteroatoms. The van der Waals surface area contributed by atoms with E-state index in [4.69, 9.17) is 16.7 Å². The van der Waals surface area contributed by atoms with Gasteiger partial charge in [0.2, 0.25) is 0 Å². The van der Waals surface area contributed by atoms with Crippen molar-refractivity contribution in [2.45, 2.75) is 31.2 Å². The van der Waals surface area contributed by atoms with Crippen LogP contribution in [0.5, 0.6) is 0 Å². The van der Waals surface area contributed by atoms with Gasteiger partial charge in [0.05, 0.1) is 22.4 Å². The molecule has 6 nitrogen and oxygen atoms in total. The number of rotatable bonds is 5. The molecule has 0 aromatic heterocycles. The third-order valence-corrected chi connectivity index (χ3v) is 3.73. The van der Waals surface area contributed by atoms with Crippen molar-refractivity contribution in [3.63, 3.8) is 0 Å². The third kappa shape index (κ3) is 2.82. The lowest BCUT2D eigenvalue weighted by atomic mass is 9.74. The fraction of sp³-hybridized carbons (Fsp3) is 0.417. The zero-order valence-electron chi connectivity index (χ0n) is 10.4. The number of carboxylic acids is 1. The number of carbonyl (C=O) groups is 1. The Morgan fingerprint density at radius 2 is 2.20 bits per heavy atom. The van der Waals surface area contributed by atoms with Crippen molar-refractivity contribution < 1.29 is 19.2 Å². The molecule has 1 aromatic carbocycles. The Hall–Kier alpha value is -1.89. The molecule has 20 heavy (non-hydrogen) atoms. The van der Waals surface area contributed by atoms with Crippen LogP contribution in [0.1, 0.15) is 25.7 Å². The van der Waals surface area contributed by atoms with E-state index < -0.39 is 27.9 Å². The van der Waals surface area contributed by atoms with Gasteiger partial charge < -0.3 is 10.4 Å². The van der Waals surface area contributed by atoms with Gasteiger partial charge in [-0.25, -0.2) is 4.39 Å². The first-order valence-electron chi connectivity index (χ1n) is 5.96. The van der Waals surface area contributed by atoms with Crippen LogP contribution in [0.3, 0.4) is 0 Å². The Morgan fingerprint density at radius 1 is 1.55 bits per heavy atom. The number of hydrogen-bond donors (Lipinski definition) is 2. The van der Waals surface area contributed by atoms with Crippen molar-refractivity contribution in [3.8, 4) is 0 Å². The summed E-state index contributed by atoms with van der Waals surface area (Å²) in [6, 6.07) is 1.86.